The van der Waals surface area contributed by atoms with Gasteiger partial charge in [0, 0.05) is 11.5 Å². The summed E-state index contributed by atoms with van der Waals surface area (Å²) in [5.41, 5.74) is 6.68. The number of aromatic nitrogens is 4. The van der Waals surface area contributed by atoms with Gasteiger partial charge in [-0.1, -0.05) is 23.9 Å². The molecule has 198 valence electrons. The number of aryl methyl sites for hydroxylation is 1. The van der Waals surface area contributed by atoms with Crippen LogP contribution in [-0.4, -0.2) is 90.2 Å². The van der Waals surface area contributed by atoms with Crippen molar-refractivity contribution in [3.05, 3.63) is 41.1 Å². The molecule has 1 fully saturated rings. The van der Waals surface area contributed by atoms with Crippen LogP contribution in [0.25, 0.3) is 0 Å². The van der Waals surface area contributed by atoms with Crippen LogP contribution in [-0.2, 0) is 31.0 Å². The van der Waals surface area contributed by atoms with E-state index >= 15 is 0 Å². The van der Waals surface area contributed by atoms with Gasteiger partial charge in [-0.2, -0.15) is 0 Å². The fraction of sp³-hybridized carbons (Fsp3) is 0.368. The Morgan fingerprint density at radius 3 is 2.65 bits per heavy atom. The number of β-lactam (4-membered cyclic amide) rings is 1. The van der Waals surface area contributed by atoms with Gasteiger partial charge in [-0.25, -0.2) is 23.0 Å². The molecular weight excluding hydrogens is 548 g/mol. The number of fused-ring (bicyclic) bond motifs is 1. The van der Waals surface area contributed by atoms with Crippen molar-refractivity contribution in [2.75, 3.05) is 17.3 Å². The van der Waals surface area contributed by atoms with E-state index in [0.29, 0.717) is 11.1 Å². The maximum absolute atomic E-state index is 12.9. The van der Waals surface area contributed by atoms with Crippen molar-refractivity contribution in [3.63, 3.8) is 0 Å². The Labute approximate surface area is 218 Å². The van der Waals surface area contributed by atoms with E-state index < -0.39 is 45.3 Å². The van der Waals surface area contributed by atoms with Crippen LogP contribution in [0.3, 0.4) is 0 Å². The number of aliphatic carboxylic acids is 1. The van der Waals surface area contributed by atoms with Gasteiger partial charge < -0.3 is 21.3 Å². The predicted molar refractivity (Wildman–Crippen MR) is 131 cm³/mol. The first-order chi connectivity index (χ1) is 17.5. The second-order valence-corrected chi connectivity index (χ2v) is 11.8. The molecule has 1 saturated heterocycles. The van der Waals surface area contributed by atoms with Gasteiger partial charge in [-0.05, 0) is 33.7 Å². The van der Waals surface area contributed by atoms with Gasteiger partial charge in [0.2, 0.25) is 21.1 Å². The number of carboxylic acids is 1. The third-order valence-electron chi connectivity index (χ3n) is 5.54. The van der Waals surface area contributed by atoms with Gasteiger partial charge >= 0.3 is 5.97 Å². The van der Waals surface area contributed by atoms with Crippen LogP contribution in [0, 0.1) is 0 Å². The number of phenolic OH excluding ortho intramolecular Hbond substituents is 1. The molecule has 2 aromatic rings. The number of nitrogens with zero attached hydrogens (tertiary/aromatic N) is 5. The fourth-order valence-corrected chi connectivity index (χ4v) is 6.49. The molecule has 18 heteroatoms. The number of hydrogen-bond acceptors (Lipinski definition) is 12. The summed E-state index contributed by atoms with van der Waals surface area (Å²) in [6.07, 6.45) is 0. The number of primary sulfonamides is 1. The molecule has 3 atom stereocenters. The van der Waals surface area contributed by atoms with E-state index in [1.54, 1.807) is 0 Å². The molecule has 15 nitrogen and oxygen atoms in total. The third kappa shape index (κ3) is 5.87. The van der Waals surface area contributed by atoms with Crippen molar-refractivity contribution in [3.8, 4) is 5.75 Å². The summed E-state index contributed by atoms with van der Waals surface area (Å²) >= 11 is 2.38. The lowest BCUT2D eigenvalue weighted by Gasteiger charge is -2.49. The minimum absolute atomic E-state index is 0.0155. The minimum Gasteiger partial charge on any atom is -0.508 e. The van der Waals surface area contributed by atoms with E-state index in [1.165, 1.54) is 40.7 Å². The van der Waals surface area contributed by atoms with Gasteiger partial charge in [0.25, 0.3) is 5.91 Å². The molecule has 2 aliphatic heterocycles. The maximum atomic E-state index is 12.9. The number of carboxylic acid groups (broad SMARTS) is 1. The monoisotopic (exact) mass is 570 g/mol. The number of rotatable bonds is 10. The van der Waals surface area contributed by atoms with Gasteiger partial charge in [0.1, 0.15) is 28.9 Å². The van der Waals surface area contributed by atoms with Crippen molar-refractivity contribution in [1.82, 2.24) is 30.4 Å². The first-order valence-corrected chi connectivity index (χ1v) is 14.4. The van der Waals surface area contributed by atoms with Crippen molar-refractivity contribution in [1.29, 1.82) is 0 Å². The number of carbonyl (C=O) groups is 3. The van der Waals surface area contributed by atoms with E-state index in [4.69, 9.17) is 10.9 Å². The van der Waals surface area contributed by atoms with E-state index in [9.17, 15) is 33.0 Å². The summed E-state index contributed by atoms with van der Waals surface area (Å²) in [4.78, 5) is 38.7. The van der Waals surface area contributed by atoms with Crippen molar-refractivity contribution in [2.24, 2.45) is 10.9 Å². The highest BCUT2D eigenvalue weighted by Crippen LogP contribution is 2.41. The number of nitrogens with two attached hydrogens (primary N) is 2. The van der Waals surface area contributed by atoms with E-state index in [-0.39, 0.29) is 40.4 Å². The topological polar surface area (TPSA) is 237 Å². The third-order valence-corrected chi connectivity index (χ3v) is 8.68. The zero-order valence-electron chi connectivity index (χ0n) is 18.9. The van der Waals surface area contributed by atoms with Gasteiger partial charge in [-0.3, -0.25) is 14.5 Å². The number of phenols is 1. The van der Waals surface area contributed by atoms with Crippen LogP contribution < -0.4 is 16.2 Å². The summed E-state index contributed by atoms with van der Waals surface area (Å²) < 4.78 is 23.7. The Balaban J connectivity index is 1.43. The average Bonchev–Trinajstić information content (AvgIpc) is 3.30. The molecule has 2 unspecified atom stereocenters. The average molecular weight is 571 g/mol. The molecule has 0 saturated carbocycles. The van der Waals surface area contributed by atoms with Gasteiger partial charge in [0.15, 0.2) is 0 Å². The number of hydrogen-bond donors (Lipinski definition) is 5. The largest absolute Gasteiger partial charge is 0.508 e. The van der Waals surface area contributed by atoms with Crippen LogP contribution in [0.5, 0.6) is 5.75 Å². The predicted octanol–water partition coefficient (Wildman–Crippen LogP) is -1.80. The van der Waals surface area contributed by atoms with E-state index in [0.717, 1.165) is 16.7 Å². The Morgan fingerprint density at radius 2 is 2.00 bits per heavy atom. The van der Waals surface area contributed by atoms with Crippen molar-refractivity contribution >= 4 is 51.3 Å². The second kappa shape index (κ2) is 10.7. The van der Waals surface area contributed by atoms with Gasteiger partial charge in [0.05, 0.1) is 12.3 Å². The Hall–Kier alpha value is -3.19. The molecule has 0 spiro atoms. The van der Waals surface area contributed by atoms with Crippen molar-refractivity contribution < 1.29 is 33.0 Å². The molecule has 0 aliphatic carbocycles. The Morgan fingerprint density at radius 1 is 1.30 bits per heavy atom. The highest BCUT2D eigenvalue weighted by molar-refractivity contribution is 8.01. The summed E-state index contributed by atoms with van der Waals surface area (Å²) in [6, 6.07) is 3.72. The lowest BCUT2D eigenvalue weighted by molar-refractivity contribution is -0.150. The molecule has 1 aromatic carbocycles. The van der Waals surface area contributed by atoms with Crippen molar-refractivity contribution in [2.45, 2.75) is 29.2 Å². The molecule has 1 aromatic heterocycles. The molecule has 0 radical (unpaired) electrons. The smallest absolute Gasteiger partial charge is 0.352 e. The first-order valence-electron chi connectivity index (χ1n) is 10.6. The minimum atomic E-state index is -3.73. The number of thioether (sulfide) groups is 2. The van der Waals surface area contributed by atoms with Crippen LogP contribution in [0.15, 0.2) is 40.7 Å². The standard InChI is InChI=1S/C19H22N8O7S3/c20-12(9-1-3-11(28)4-2-9)15(29)22-13-16(30)27-14(18(31)32)10(7-35-17(13)27)8-36-19-23-24-25-26(19)5-6-37(21,33)34/h1-4,12-13,17,28H,5-8,20H2,(H,22,29)(H,31,32)(H2,21,33,34)/t12?,13?,17-/m1/s1. The normalized spacial score (nSPS) is 20.3. The molecular formula is C19H22N8O7S3. The zero-order valence-corrected chi connectivity index (χ0v) is 21.4. The highest BCUT2D eigenvalue weighted by atomic mass is 32.2. The molecule has 2 aliphatic rings. The summed E-state index contributed by atoms with van der Waals surface area (Å²) in [7, 11) is -3.73. The molecule has 7 N–H and O–H groups in total. The van der Waals surface area contributed by atoms with Crippen LogP contribution in [0.1, 0.15) is 11.6 Å². The van der Waals surface area contributed by atoms with Crippen LogP contribution >= 0.6 is 23.5 Å². The molecule has 3 heterocycles. The summed E-state index contributed by atoms with van der Waals surface area (Å²) in [5.74, 6) is -2.46. The number of sulfonamides is 1. The first kappa shape index (κ1) is 26.9. The molecule has 37 heavy (non-hydrogen) atoms. The fourth-order valence-electron chi connectivity index (χ4n) is 3.68. The lowest BCUT2D eigenvalue weighted by atomic mass is 10.0. The molecule has 2 amide bonds. The summed E-state index contributed by atoms with van der Waals surface area (Å²) in [6.45, 7) is -0.0753. The zero-order chi connectivity index (χ0) is 26.9. The summed E-state index contributed by atoms with van der Waals surface area (Å²) in [5, 5.41) is 37.5. The van der Waals surface area contributed by atoms with Gasteiger partial charge in [-0.15, -0.1) is 16.9 Å². The van der Waals surface area contributed by atoms with E-state index in [2.05, 4.69) is 20.8 Å². The SMILES string of the molecule is NC(C(=O)NC1C(=O)N2C(C(=O)O)=C(CSc3nnnn3CCS(N)(=O)=O)CS[C@H]12)c1ccc(O)cc1. The highest BCUT2D eigenvalue weighted by Gasteiger charge is 2.54. The molecule has 0 bridgehead atoms. The Kier molecular flexibility index (Phi) is 7.74. The maximum Gasteiger partial charge on any atom is 0.352 e. The van der Waals surface area contributed by atoms with Crippen LogP contribution in [0.2, 0.25) is 0 Å². The number of nitrogens with one attached hydrogen (secondary N) is 1. The quantitative estimate of drug-likeness (QED) is 0.157. The van der Waals surface area contributed by atoms with E-state index in [1.807, 2.05) is 0 Å². The number of amides is 2. The number of aromatic hydroxyl groups is 1. The lowest BCUT2D eigenvalue weighted by Crippen LogP contribution is -2.71. The number of benzene rings is 1. The number of carbonyl (C=O) groups excluding carboxylic acids is 2. The number of tetrazole rings is 1. The van der Waals surface area contributed by atoms with Crippen LogP contribution in [0.4, 0.5) is 0 Å². The Bertz CT molecular complexity index is 1360. The second-order valence-electron chi connectivity index (χ2n) is 8.06. The molecule has 4 rings (SSSR count).